The van der Waals surface area contributed by atoms with E-state index >= 15 is 0 Å². The minimum absolute atomic E-state index is 0. The van der Waals surface area contributed by atoms with Crippen LogP contribution in [-0.2, 0) is 12.0 Å². The standard InChI is InChI=1S/C25H29NO.ClH/c1-21(20-22-12-6-3-7-13-22)26(2)19-18-25(27,23-14-8-4-9-15-23)24-16-10-5-11-17-24;/h3-17,21,27H,18-20H2,1-2H3;1H. The number of halogens is 1. The van der Waals surface area contributed by atoms with E-state index in [-0.39, 0.29) is 12.4 Å². The molecule has 28 heavy (non-hydrogen) atoms. The summed E-state index contributed by atoms with van der Waals surface area (Å²) in [6.07, 6.45) is 1.66. The summed E-state index contributed by atoms with van der Waals surface area (Å²) in [5.41, 5.74) is 2.25. The molecule has 0 heterocycles. The average molecular weight is 396 g/mol. The van der Waals surface area contributed by atoms with Crippen molar-refractivity contribution in [1.82, 2.24) is 4.90 Å². The van der Waals surface area contributed by atoms with E-state index < -0.39 is 5.60 Å². The lowest BCUT2D eigenvalue weighted by Gasteiger charge is -2.33. The molecule has 0 bridgehead atoms. The predicted octanol–water partition coefficient (Wildman–Crippen LogP) is 5.30. The molecule has 0 saturated carbocycles. The van der Waals surface area contributed by atoms with E-state index in [0.29, 0.717) is 12.5 Å². The van der Waals surface area contributed by atoms with Crippen LogP contribution in [0.1, 0.15) is 30.0 Å². The van der Waals surface area contributed by atoms with Gasteiger partial charge in [-0.2, -0.15) is 0 Å². The summed E-state index contributed by atoms with van der Waals surface area (Å²) in [6.45, 7) is 3.06. The van der Waals surface area contributed by atoms with Crippen molar-refractivity contribution >= 4 is 12.4 Å². The van der Waals surface area contributed by atoms with Crippen LogP contribution in [-0.4, -0.2) is 29.6 Å². The first-order valence-corrected chi connectivity index (χ1v) is 9.67. The quantitative estimate of drug-likeness (QED) is 0.559. The minimum Gasteiger partial charge on any atom is -0.380 e. The Labute approximate surface area is 175 Å². The van der Waals surface area contributed by atoms with Crippen LogP contribution in [0.15, 0.2) is 91.0 Å². The van der Waals surface area contributed by atoms with Gasteiger partial charge in [-0.3, -0.25) is 0 Å². The maximum atomic E-state index is 11.6. The Morgan fingerprint density at radius 1 is 0.786 bits per heavy atom. The van der Waals surface area contributed by atoms with Gasteiger partial charge in [0.2, 0.25) is 0 Å². The average Bonchev–Trinajstić information content (AvgIpc) is 2.73. The highest BCUT2D eigenvalue weighted by molar-refractivity contribution is 5.85. The van der Waals surface area contributed by atoms with Crippen LogP contribution in [0, 0.1) is 0 Å². The lowest BCUT2D eigenvalue weighted by atomic mass is 9.83. The highest BCUT2D eigenvalue weighted by Crippen LogP contribution is 2.33. The zero-order valence-corrected chi connectivity index (χ0v) is 17.5. The molecular formula is C25H30ClNO. The Morgan fingerprint density at radius 3 is 1.68 bits per heavy atom. The number of nitrogens with zero attached hydrogens (tertiary/aromatic N) is 1. The molecule has 3 aromatic carbocycles. The second kappa shape index (κ2) is 10.4. The fourth-order valence-electron chi connectivity index (χ4n) is 3.55. The van der Waals surface area contributed by atoms with E-state index in [0.717, 1.165) is 24.1 Å². The summed E-state index contributed by atoms with van der Waals surface area (Å²) >= 11 is 0. The van der Waals surface area contributed by atoms with Crippen molar-refractivity contribution < 1.29 is 5.11 Å². The molecule has 3 heteroatoms. The van der Waals surface area contributed by atoms with Gasteiger partial charge in [-0.25, -0.2) is 0 Å². The molecule has 0 spiro atoms. The molecule has 0 radical (unpaired) electrons. The summed E-state index contributed by atoms with van der Waals surface area (Å²) in [7, 11) is 2.14. The largest absolute Gasteiger partial charge is 0.380 e. The Hall–Kier alpha value is -2.13. The molecule has 1 atom stereocenters. The van der Waals surface area contributed by atoms with E-state index in [1.165, 1.54) is 5.56 Å². The Morgan fingerprint density at radius 2 is 1.21 bits per heavy atom. The first-order chi connectivity index (χ1) is 13.1. The monoisotopic (exact) mass is 395 g/mol. The van der Waals surface area contributed by atoms with Crippen molar-refractivity contribution in [2.24, 2.45) is 0 Å². The summed E-state index contributed by atoms with van der Waals surface area (Å²) < 4.78 is 0. The van der Waals surface area contributed by atoms with E-state index in [1.807, 2.05) is 60.7 Å². The molecule has 1 unspecified atom stereocenters. The van der Waals surface area contributed by atoms with Crippen molar-refractivity contribution in [2.45, 2.75) is 31.4 Å². The third-order valence-electron chi connectivity index (χ3n) is 5.46. The fraction of sp³-hybridized carbons (Fsp3) is 0.280. The van der Waals surface area contributed by atoms with Gasteiger partial charge in [0.25, 0.3) is 0 Å². The van der Waals surface area contributed by atoms with Gasteiger partial charge < -0.3 is 10.0 Å². The molecule has 3 aromatic rings. The SMILES string of the molecule is CC(Cc1ccccc1)N(C)CCC(O)(c1ccccc1)c1ccccc1.Cl. The number of likely N-dealkylation sites (N-methyl/N-ethyl adjacent to an activating group) is 1. The summed E-state index contributed by atoms with van der Waals surface area (Å²) in [6, 6.07) is 31.0. The molecule has 0 saturated heterocycles. The number of aliphatic hydroxyl groups is 1. The fourth-order valence-corrected chi connectivity index (χ4v) is 3.55. The zero-order chi connectivity index (χ0) is 19.1. The second-order valence-electron chi connectivity index (χ2n) is 7.36. The van der Waals surface area contributed by atoms with Gasteiger partial charge in [-0.1, -0.05) is 91.0 Å². The van der Waals surface area contributed by atoms with Gasteiger partial charge in [0.1, 0.15) is 5.60 Å². The molecular weight excluding hydrogens is 366 g/mol. The van der Waals surface area contributed by atoms with Crippen LogP contribution in [0.4, 0.5) is 0 Å². The maximum absolute atomic E-state index is 11.6. The van der Waals surface area contributed by atoms with Crippen LogP contribution in [0.2, 0.25) is 0 Å². The molecule has 0 aliphatic carbocycles. The molecule has 3 rings (SSSR count). The smallest absolute Gasteiger partial charge is 0.116 e. The van der Waals surface area contributed by atoms with Crippen molar-refractivity contribution in [3.05, 3.63) is 108 Å². The lowest BCUT2D eigenvalue weighted by Crippen LogP contribution is -2.37. The van der Waals surface area contributed by atoms with Crippen molar-refractivity contribution in [2.75, 3.05) is 13.6 Å². The number of rotatable bonds is 8. The third-order valence-corrected chi connectivity index (χ3v) is 5.46. The lowest BCUT2D eigenvalue weighted by molar-refractivity contribution is 0.0562. The van der Waals surface area contributed by atoms with Crippen molar-refractivity contribution in [1.29, 1.82) is 0 Å². The van der Waals surface area contributed by atoms with Gasteiger partial charge in [0, 0.05) is 12.6 Å². The first-order valence-electron chi connectivity index (χ1n) is 9.67. The van der Waals surface area contributed by atoms with E-state index in [4.69, 9.17) is 0 Å². The normalized spacial score (nSPS) is 12.4. The molecule has 0 aliphatic rings. The highest BCUT2D eigenvalue weighted by Gasteiger charge is 2.31. The van der Waals surface area contributed by atoms with Gasteiger partial charge in [-0.15, -0.1) is 12.4 Å². The Balaban J connectivity index is 0.00000280. The minimum atomic E-state index is -0.983. The van der Waals surface area contributed by atoms with Crippen LogP contribution in [0.3, 0.4) is 0 Å². The summed E-state index contributed by atoms with van der Waals surface area (Å²) in [5, 5.41) is 11.6. The summed E-state index contributed by atoms with van der Waals surface area (Å²) in [5.74, 6) is 0. The van der Waals surface area contributed by atoms with Crippen LogP contribution in [0.25, 0.3) is 0 Å². The molecule has 0 amide bonds. The molecule has 0 aromatic heterocycles. The second-order valence-corrected chi connectivity index (χ2v) is 7.36. The zero-order valence-electron chi connectivity index (χ0n) is 16.7. The molecule has 2 nitrogen and oxygen atoms in total. The molecule has 148 valence electrons. The summed E-state index contributed by atoms with van der Waals surface area (Å²) in [4.78, 5) is 2.34. The maximum Gasteiger partial charge on any atom is 0.116 e. The Bertz CT molecular complexity index is 768. The van der Waals surface area contributed by atoms with Crippen molar-refractivity contribution in [3.63, 3.8) is 0 Å². The van der Waals surface area contributed by atoms with E-state index in [9.17, 15) is 5.11 Å². The topological polar surface area (TPSA) is 23.5 Å². The first kappa shape index (κ1) is 22.2. The van der Waals surface area contributed by atoms with Gasteiger partial charge in [0.15, 0.2) is 0 Å². The predicted molar refractivity (Wildman–Crippen MR) is 120 cm³/mol. The van der Waals surface area contributed by atoms with Gasteiger partial charge >= 0.3 is 0 Å². The van der Waals surface area contributed by atoms with Gasteiger partial charge in [0.05, 0.1) is 0 Å². The van der Waals surface area contributed by atoms with Crippen LogP contribution < -0.4 is 0 Å². The van der Waals surface area contributed by atoms with Gasteiger partial charge in [-0.05, 0) is 43.5 Å². The highest BCUT2D eigenvalue weighted by atomic mass is 35.5. The van der Waals surface area contributed by atoms with E-state index in [1.54, 1.807) is 0 Å². The van der Waals surface area contributed by atoms with Crippen LogP contribution >= 0.6 is 12.4 Å². The number of hydrogen-bond acceptors (Lipinski definition) is 2. The van der Waals surface area contributed by atoms with Crippen LogP contribution in [0.5, 0.6) is 0 Å². The molecule has 0 aliphatic heterocycles. The molecule has 0 fully saturated rings. The van der Waals surface area contributed by atoms with E-state index in [2.05, 4.69) is 49.2 Å². The Kier molecular flexibility index (Phi) is 8.25. The molecule has 1 N–H and O–H groups in total. The third kappa shape index (κ3) is 5.45. The van der Waals surface area contributed by atoms with Crippen molar-refractivity contribution in [3.8, 4) is 0 Å². The number of hydrogen-bond donors (Lipinski definition) is 1. The number of benzene rings is 3.